The average molecular weight is 325 g/mol. The first kappa shape index (κ1) is 16.3. The van der Waals surface area contributed by atoms with Gasteiger partial charge < -0.3 is 15.4 Å². The van der Waals surface area contributed by atoms with Crippen molar-refractivity contribution in [3.63, 3.8) is 0 Å². The Labute approximate surface area is 141 Å². The van der Waals surface area contributed by atoms with Crippen LogP contribution in [0, 0.1) is 0 Å². The fourth-order valence-corrected chi connectivity index (χ4v) is 3.35. The molecule has 2 aromatic rings. The summed E-state index contributed by atoms with van der Waals surface area (Å²) >= 11 is 0. The van der Waals surface area contributed by atoms with Crippen molar-refractivity contribution < 1.29 is 9.90 Å². The molecule has 0 bridgehead atoms. The number of hydrogen-bond acceptors (Lipinski definition) is 3. The van der Waals surface area contributed by atoms with Gasteiger partial charge in [-0.2, -0.15) is 0 Å². The highest BCUT2D eigenvalue weighted by atomic mass is 16.4. The highest BCUT2D eigenvalue weighted by Gasteiger charge is 2.21. The summed E-state index contributed by atoms with van der Waals surface area (Å²) in [5, 5.41) is 9.06. The van der Waals surface area contributed by atoms with E-state index in [1.54, 1.807) is 13.0 Å². The number of nitrogen functional groups attached to an aromatic ring is 1. The quantitative estimate of drug-likeness (QED) is 0.658. The van der Waals surface area contributed by atoms with Crippen molar-refractivity contribution in [1.29, 1.82) is 0 Å². The second kappa shape index (κ2) is 6.91. The Morgan fingerprint density at radius 3 is 2.79 bits per heavy atom. The third-order valence-corrected chi connectivity index (χ3v) is 4.67. The second-order valence-electron chi connectivity index (χ2n) is 6.44. The Hall–Kier alpha value is -2.56. The van der Waals surface area contributed by atoms with Gasteiger partial charge in [-0.15, -0.1) is 0 Å². The maximum absolute atomic E-state index is 11.0. The summed E-state index contributed by atoms with van der Waals surface area (Å²) in [4.78, 5) is 15.6. The third-order valence-electron chi connectivity index (χ3n) is 4.67. The normalized spacial score (nSPS) is 16.3. The summed E-state index contributed by atoms with van der Waals surface area (Å²) in [7, 11) is 0. The summed E-state index contributed by atoms with van der Waals surface area (Å²) in [6.07, 6.45) is 11.5. The van der Waals surface area contributed by atoms with Crippen molar-refractivity contribution in [2.75, 3.05) is 5.73 Å². The van der Waals surface area contributed by atoms with Crippen molar-refractivity contribution in [3.05, 3.63) is 47.6 Å². The van der Waals surface area contributed by atoms with Crippen molar-refractivity contribution in [3.8, 4) is 5.69 Å². The van der Waals surface area contributed by atoms with Crippen LogP contribution in [-0.2, 0) is 4.79 Å². The number of aliphatic carboxylic acids is 1. The minimum absolute atomic E-state index is 0.295. The molecule has 0 atom stereocenters. The summed E-state index contributed by atoms with van der Waals surface area (Å²) in [5.41, 5.74) is 8.82. The summed E-state index contributed by atoms with van der Waals surface area (Å²) in [5.74, 6) is 0.601. The molecule has 3 rings (SSSR count). The van der Waals surface area contributed by atoms with Crippen LogP contribution in [0.3, 0.4) is 0 Å². The van der Waals surface area contributed by atoms with Crippen molar-refractivity contribution in [1.82, 2.24) is 9.55 Å². The molecule has 5 nitrogen and oxygen atoms in total. The first-order valence-electron chi connectivity index (χ1n) is 8.41. The fraction of sp³-hybridized carbons (Fsp3) is 0.368. The maximum atomic E-state index is 11.0. The topological polar surface area (TPSA) is 81.1 Å². The molecule has 1 heterocycles. The van der Waals surface area contributed by atoms with E-state index in [9.17, 15) is 4.79 Å². The molecule has 5 heteroatoms. The van der Waals surface area contributed by atoms with E-state index in [0.29, 0.717) is 17.2 Å². The van der Waals surface area contributed by atoms with Crippen LogP contribution in [0.25, 0.3) is 11.8 Å². The van der Waals surface area contributed by atoms with Gasteiger partial charge in [-0.25, -0.2) is 9.78 Å². The number of hydrogen-bond donors (Lipinski definition) is 2. The van der Waals surface area contributed by atoms with E-state index >= 15 is 0 Å². The molecule has 0 spiro atoms. The molecule has 1 aliphatic carbocycles. The zero-order chi connectivity index (χ0) is 17.1. The van der Waals surface area contributed by atoms with E-state index in [1.165, 1.54) is 19.3 Å². The lowest BCUT2D eigenvalue weighted by atomic mass is 9.88. The number of nitrogens with zero attached hydrogens (tertiary/aromatic N) is 2. The van der Waals surface area contributed by atoms with Crippen LogP contribution in [0.1, 0.15) is 56.3 Å². The first-order chi connectivity index (χ1) is 11.6. The predicted molar refractivity (Wildman–Crippen MR) is 95.1 cm³/mol. The Balaban J connectivity index is 1.99. The number of imidazole rings is 1. The van der Waals surface area contributed by atoms with Gasteiger partial charge in [-0.05, 0) is 43.5 Å². The smallest absolute Gasteiger partial charge is 0.331 e. The van der Waals surface area contributed by atoms with Crippen molar-refractivity contribution in [2.45, 2.75) is 44.9 Å². The third kappa shape index (κ3) is 3.35. The van der Waals surface area contributed by atoms with E-state index in [0.717, 1.165) is 29.9 Å². The van der Waals surface area contributed by atoms with Crippen LogP contribution in [-0.4, -0.2) is 20.6 Å². The van der Waals surface area contributed by atoms with Crippen LogP contribution in [0.2, 0.25) is 0 Å². The number of anilines is 1. The van der Waals surface area contributed by atoms with Crippen LogP contribution in [0.5, 0.6) is 0 Å². The van der Waals surface area contributed by atoms with E-state index < -0.39 is 5.97 Å². The standard InChI is InChI=1S/C19H23N3O2/c1-13(19(23)24)11-14-7-8-16(20)17(12-14)22-10-9-21-18(22)15-5-3-2-4-6-15/h7-12,15H,2-6,20H2,1H3,(H,23,24). The number of carboxylic acid groups (broad SMARTS) is 1. The Bertz CT molecular complexity index is 771. The van der Waals surface area contributed by atoms with Gasteiger partial charge in [-0.3, -0.25) is 0 Å². The SMILES string of the molecule is CC(=Cc1ccc(N)c(-n2ccnc2C2CCCCC2)c1)C(=O)O. The second-order valence-corrected chi connectivity index (χ2v) is 6.44. The molecule has 0 aliphatic heterocycles. The van der Waals surface area contributed by atoms with Gasteiger partial charge in [0.2, 0.25) is 0 Å². The number of carboxylic acids is 1. The molecule has 0 amide bonds. The average Bonchev–Trinajstić information content (AvgIpc) is 3.06. The molecular formula is C19H23N3O2. The van der Waals surface area contributed by atoms with Gasteiger partial charge in [-0.1, -0.05) is 25.3 Å². The van der Waals surface area contributed by atoms with Crippen molar-refractivity contribution in [2.24, 2.45) is 0 Å². The van der Waals surface area contributed by atoms with Crippen LogP contribution >= 0.6 is 0 Å². The molecule has 1 aromatic carbocycles. The lowest BCUT2D eigenvalue weighted by Gasteiger charge is -2.22. The van der Waals surface area contributed by atoms with E-state index in [-0.39, 0.29) is 0 Å². The Morgan fingerprint density at radius 1 is 1.33 bits per heavy atom. The van der Waals surface area contributed by atoms with Crippen LogP contribution < -0.4 is 5.73 Å². The summed E-state index contributed by atoms with van der Waals surface area (Å²) < 4.78 is 2.05. The van der Waals surface area contributed by atoms with Gasteiger partial charge in [0.25, 0.3) is 0 Å². The van der Waals surface area contributed by atoms with E-state index in [4.69, 9.17) is 10.8 Å². The van der Waals surface area contributed by atoms with Gasteiger partial charge in [0, 0.05) is 23.9 Å². The Kier molecular flexibility index (Phi) is 4.69. The zero-order valence-corrected chi connectivity index (χ0v) is 13.9. The number of aromatic nitrogens is 2. The van der Waals surface area contributed by atoms with Gasteiger partial charge >= 0.3 is 5.97 Å². The lowest BCUT2D eigenvalue weighted by molar-refractivity contribution is -0.132. The van der Waals surface area contributed by atoms with E-state index in [1.807, 2.05) is 30.6 Å². The minimum Gasteiger partial charge on any atom is -0.478 e. The van der Waals surface area contributed by atoms with Gasteiger partial charge in [0.15, 0.2) is 0 Å². The monoisotopic (exact) mass is 325 g/mol. The highest BCUT2D eigenvalue weighted by Crippen LogP contribution is 2.33. The van der Waals surface area contributed by atoms with Gasteiger partial charge in [0.05, 0.1) is 11.4 Å². The molecule has 0 saturated heterocycles. The molecule has 0 unspecified atom stereocenters. The Morgan fingerprint density at radius 2 is 2.08 bits per heavy atom. The zero-order valence-electron chi connectivity index (χ0n) is 13.9. The maximum Gasteiger partial charge on any atom is 0.331 e. The van der Waals surface area contributed by atoms with Crippen LogP contribution in [0.4, 0.5) is 5.69 Å². The molecule has 0 radical (unpaired) electrons. The predicted octanol–water partition coefficient (Wildman–Crippen LogP) is 3.99. The molecule has 1 aromatic heterocycles. The number of rotatable bonds is 4. The van der Waals surface area contributed by atoms with E-state index in [2.05, 4.69) is 9.55 Å². The molecule has 1 saturated carbocycles. The number of nitrogens with two attached hydrogens (primary N) is 1. The molecule has 126 valence electrons. The molecule has 3 N–H and O–H groups in total. The highest BCUT2D eigenvalue weighted by molar-refractivity contribution is 5.91. The molecule has 1 fully saturated rings. The molecule has 1 aliphatic rings. The number of carbonyl (C=O) groups is 1. The summed E-state index contributed by atoms with van der Waals surface area (Å²) in [6.45, 7) is 1.59. The first-order valence-corrected chi connectivity index (χ1v) is 8.41. The van der Waals surface area contributed by atoms with Crippen LogP contribution in [0.15, 0.2) is 36.2 Å². The lowest BCUT2D eigenvalue weighted by Crippen LogP contribution is -2.12. The number of benzene rings is 1. The van der Waals surface area contributed by atoms with Crippen molar-refractivity contribution >= 4 is 17.7 Å². The minimum atomic E-state index is -0.918. The fourth-order valence-electron chi connectivity index (χ4n) is 3.35. The summed E-state index contributed by atoms with van der Waals surface area (Å²) in [6, 6.07) is 5.58. The molecular weight excluding hydrogens is 302 g/mol. The van der Waals surface area contributed by atoms with Gasteiger partial charge in [0.1, 0.15) is 5.82 Å². The largest absolute Gasteiger partial charge is 0.478 e. The molecule has 24 heavy (non-hydrogen) atoms.